The number of alkyl halides is 1. The first-order valence-corrected chi connectivity index (χ1v) is 13.7. The summed E-state index contributed by atoms with van der Waals surface area (Å²) in [4.78, 5) is 40.3. The first-order valence-electron chi connectivity index (χ1n) is 11.7. The van der Waals surface area contributed by atoms with Crippen molar-refractivity contribution in [3.8, 4) is 17.2 Å². The fourth-order valence-electron chi connectivity index (χ4n) is 3.88. The van der Waals surface area contributed by atoms with Crippen LogP contribution in [0.3, 0.4) is 0 Å². The first kappa shape index (κ1) is 27.1. The minimum Gasteiger partial charge on any atom is -0.506 e. The molecule has 0 aliphatic rings. The lowest BCUT2D eigenvalue weighted by Crippen LogP contribution is -2.41. The zero-order valence-corrected chi connectivity index (χ0v) is 23.4. The zero-order valence-electron chi connectivity index (χ0n) is 20.4. The number of anilines is 1. The van der Waals surface area contributed by atoms with Gasteiger partial charge in [0, 0.05) is 28.2 Å². The monoisotopic (exact) mass is 666 g/mol. The number of benzene rings is 4. The topological polar surface area (TPSA) is 154 Å². The molecule has 0 aliphatic heterocycles. The number of nitrogens with two attached hydrogens (primary N) is 1. The van der Waals surface area contributed by atoms with E-state index in [1.54, 1.807) is 89.3 Å². The van der Waals surface area contributed by atoms with Gasteiger partial charge in [-0.25, -0.2) is 4.79 Å². The number of halogens is 1. The van der Waals surface area contributed by atoms with E-state index in [0.717, 1.165) is 11.8 Å². The number of esters is 1. The molecular weight excluding hydrogens is 647 g/mol. The average Bonchev–Trinajstić information content (AvgIpc) is 3.43. The maximum atomic E-state index is 13.7. The lowest BCUT2D eigenvalue weighted by molar-refractivity contribution is -0.133. The first-order chi connectivity index (χ1) is 19.3. The fraction of sp³-hybridized carbons (Fsp3) is 0.0370. The Bertz CT molecular complexity index is 1720. The molecule has 1 atom stereocenters. The van der Waals surface area contributed by atoms with Crippen LogP contribution in [-0.4, -0.2) is 46.5 Å². The number of tetrazole rings is 1. The lowest BCUT2D eigenvalue weighted by Gasteiger charge is -2.26. The largest absolute Gasteiger partial charge is 0.506 e. The second-order valence-electron chi connectivity index (χ2n) is 8.22. The Balaban J connectivity index is 1.47. The highest BCUT2D eigenvalue weighted by Gasteiger charge is 2.33. The lowest BCUT2D eigenvalue weighted by atomic mass is 10.0. The molecule has 2 amide bonds. The molecule has 0 aliphatic carbocycles. The molecule has 1 heterocycles. The van der Waals surface area contributed by atoms with Crippen molar-refractivity contribution >= 4 is 67.9 Å². The van der Waals surface area contributed by atoms with Gasteiger partial charge in [-0.2, -0.15) is 4.68 Å². The Labute approximate surface area is 245 Å². The van der Waals surface area contributed by atoms with E-state index in [1.165, 1.54) is 15.6 Å². The standard InChI is InChI=1S/C27H19IN6O5S/c28-23(25(37)39-21-15-20(24(29)36)22(35)19-14-8-7-13-18(19)21)33(16-9-3-1-4-10-16)27(38)40-26-30-31-32-34(26)17-11-5-2-6-12-17/h1-15,23,35H,(H2,29,36). The number of primary amides is 1. The van der Waals surface area contributed by atoms with Crippen molar-refractivity contribution in [2.75, 3.05) is 4.90 Å². The van der Waals surface area contributed by atoms with Crippen LogP contribution < -0.4 is 15.4 Å². The van der Waals surface area contributed by atoms with Gasteiger partial charge in [0.15, 0.2) is 4.05 Å². The van der Waals surface area contributed by atoms with Gasteiger partial charge < -0.3 is 15.6 Å². The molecule has 4 aromatic carbocycles. The maximum absolute atomic E-state index is 13.7. The minimum absolute atomic E-state index is 0.00926. The van der Waals surface area contributed by atoms with Crippen molar-refractivity contribution in [2.45, 2.75) is 9.21 Å². The van der Waals surface area contributed by atoms with Gasteiger partial charge in [-0.1, -0.05) is 60.7 Å². The Kier molecular flexibility index (Phi) is 7.93. The minimum atomic E-state index is -1.15. The summed E-state index contributed by atoms with van der Waals surface area (Å²) in [7, 11) is 0. The second kappa shape index (κ2) is 11.7. The number of aromatic nitrogens is 4. The second-order valence-corrected chi connectivity index (χ2v) is 10.3. The van der Waals surface area contributed by atoms with E-state index in [4.69, 9.17) is 10.5 Å². The summed E-state index contributed by atoms with van der Waals surface area (Å²) in [6.45, 7) is 0. The third kappa shape index (κ3) is 5.46. The van der Waals surface area contributed by atoms with Gasteiger partial charge in [0.2, 0.25) is 5.16 Å². The fourth-order valence-corrected chi connectivity index (χ4v) is 5.54. The van der Waals surface area contributed by atoms with Gasteiger partial charge in [0.05, 0.1) is 11.3 Å². The van der Waals surface area contributed by atoms with Gasteiger partial charge in [0.1, 0.15) is 11.5 Å². The Hall–Kier alpha value is -4.50. The number of rotatable bonds is 7. The number of para-hydroxylation sites is 2. The van der Waals surface area contributed by atoms with Crippen LogP contribution in [0.2, 0.25) is 0 Å². The summed E-state index contributed by atoms with van der Waals surface area (Å²) in [5.41, 5.74) is 6.32. The number of carbonyl (C=O) groups is 3. The molecule has 3 N–H and O–H groups in total. The molecule has 0 fully saturated rings. The van der Waals surface area contributed by atoms with Crippen LogP contribution in [-0.2, 0) is 4.79 Å². The molecule has 0 spiro atoms. The van der Waals surface area contributed by atoms with Gasteiger partial charge >= 0.3 is 5.97 Å². The SMILES string of the molecule is NC(=O)c1cc(OC(=O)C(I)N(C(=O)Sc2nnnn2-c2ccccc2)c2ccccc2)c2ccccc2c1O. The van der Waals surface area contributed by atoms with E-state index in [9.17, 15) is 19.5 Å². The molecule has 11 nitrogen and oxygen atoms in total. The van der Waals surface area contributed by atoms with Gasteiger partial charge in [-0.15, -0.1) is 5.10 Å². The summed E-state index contributed by atoms with van der Waals surface area (Å²) in [5.74, 6) is -2.00. The van der Waals surface area contributed by atoms with E-state index in [0.29, 0.717) is 16.8 Å². The number of phenols is 1. The van der Waals surface area contributed by atoms with Gasteiger partial charge in [-0.3, -0.25) is 14.5 Å². The van der Waals surface area contributed by atoms with E-state index in [2.05, 4.69) is 15.5 Å². The van der Waals surface area contributed by atoms with Crippen LogP contribution in [0, 0.1) is 0 Å². The maximum Gasteiger partial charge on any atom is 0.345 e. The normalized spacial score (nSPS) is 11.6. The summed E-state index contributed by atoms with van der Waals surface area (Å²) in [6.07, 6.45) is 0. The average molecular weight is 666 g/mol. The van der Waals surface area contributed by atoms with Crippen LogP contribution in [0.5, 0.6) is 11.5 Å². The van der Waals surface area contributed by atoms with Crippen molar-refractivity contribution in [1.29, 1.82) is 0 Å². The summed E-state index contributed by atoms with van der Waals surface area (Å²) in [5, 5.41) is 22.5. The van der Waals surface area contributed by atoms with Crippen molar-refractivity contribution in [3.63, 3.8) is 0 Å². The van der Waals surface area contributed by atoms with Crippen LogP contribution >= 0.6 is 34.4 Å². The number of nitrogens with zero attached hydrogens (tertiary/aromatic N) is 5. The predicted octanol–water partition coefficient (Wildman–Crippen LogP) is 4.71. The molecule has 1 unspecified atom stereocenters. The van der Waals surface area contributed by atoms with Crippen molar-refractivity contribution in [1.82, 2.24) is 20.2 Å². The highest BCUT2D eigenvalue weighted by molar-refractivity contribution is 14.1. The molecule has 0 bridgehead atoms. The predicted molar refractivity (Wildman–Crippen MR) is 157 cm³/mol. The van der Waals surface area contributed by atoms with Crippen molar-refractivity contribution in [3.05, 3.63) is 96.6 Å². The van der Waals surface area contributed by atoms with Crippen molar-refractivity contribution in [2.24, 2.45) is 5.73 Å². The summed E-state index contributed by atoms with van der Waals surface area (Å²) in [6, 6.07) is 25.4. The smallest absolute Gasteiger partial charge is 0.345 e. The summed E-state index contributed by atoms with van der Waals surface area (Å²) < 4.78 is 5.97. The Morgan fingerprint density at radius 2 is 1.57 bits per heavy atom. The third-order valence-electron chi connectivity index (χ3n) is 5.73. The van der Waals surface area contributed by atoms with Crippen LogP contribution in [0.25, 0.3) is 16.5 Å². The van der Waals surface area contributed by atoms with Gasteiger partial charge in [0.25, 0.3) is 11.1 Å². The number of aromatic hydroxyl groups is 1. The summed E-state index contributed by atoms with van der Waals surface area (Å²) >= 11 is 2.55. The van der Waals surface area contributed by atoms with E-state index < -0.39 is 21.2 Å². The number of hydrogen-bond donors (Lipinski definition) is 2. The molecular formula is C27H19IN6O5S. The molecule has 200 valence electrons. The highest BCUT2D eigenvalue weighted by atomic mass is 127. The number of fused-ring (bicyclic) bond motifs is 1. The quantitative estimate of drug-likeness (QED) is 0.0628. The molecule has 13 heteroatoms. The van der Waals surface area contributed by atoms with Crippen LogP contribution in [0.1, 0.15) is 10.4 Å². The van der Waals surface area contributed by atoms with Crippen LogP contribution in [0.4, 0.5) is 10.5 Å². The molecule has 5 aromatic rings. The number of ether oxygens (including phenoxy) is 1. The third-order valence-corrected chi connectivity index (χ3v) is 7.60. The number of amides is 2. The van der Waals surface area contributed by atoms with Gasteiger partial charge in [-0.05, 0) is 63.3 Å². The van der Waals surface area contributed by atoms with E-state index in [-0.39, 0.29) is 27.6 Å². The number of hydrogen-bond acceptors (Lipinski definition) is 9. The molecule has 0 radical (unpaired) electrons. The van der Waals surface area contributed by atoms with E-state index >= 15 is 0 Å². The Morgan fingerprint density at radius 1 is 0.950 bits per heavy atom. The molecule has 0 saturated carbocycles. The number of thioether (sulfide) groups is 1. The van der Waals surface area contributed by atoms with E-state index in [1.807, 2.05) is 18.2 Å². The molecule has 1 aromatic heterocycles. The zero-order chi connectivity index (χ0) is 28.2. The highest BCUT2D eigenvalue weighted by Crippen LogP contribution is 2.37. The van der Waals surface area contributed by atoms with Crippen molar-refractivity contribution < 1.29 is 24.2 Å². The van der Waals surface area contributed by atoms with Crippen LogP contribution in [0.15, 0.2) is 96.2 Å². The number of carbonyl (C=O) groups excluding carboxylic acids is 3. The molecule has 40 heavy (non-hydrogen) atoms. The Morgan fingerprint density at radius 3 is 2.25 bits per heavy atom. The molecule has 5 rings (SSSR count). The molecule has 0 saturated heterocycles.